The molecule has 3 N–H and O–H groups in total. The van der Waals surface area contributed by atoms with Crippen molar-refractivity contribution >= 4 is 51.7 Å². The first-order valence-corrected chi connectivity index (χ1v) is 12.2. The molecule has 1 aliphatic rings. The second-order valence-corrected chi connectivity index (χ2v) is 10.6. The van der Waals surface area contributed by atoms with E-state index < -0.39 is 18.1 Å². The highest BCUT2D eigenvalue weighted by Crippen LogP contribution is 2.34. The van der Waals surface area contributed by atoms with Gasteiger partial charge in [0.1, 0.15) is 17.7 Å². The molecule has 12 heteroatoms. The average Bonchev–Trinajstić information content (AvgIpc) is 3.45. The number of halogens is 3. The summed E-state index contributed by atoms with van der Waals surface area (Å²) in [4.78, 5) is 30.3. The molecule has 4 rings (SSSR count). The van der Waals surface area contributed by atoms with E-state index >= 15 is 0 Å². The molecule has 1 saturated heterocycles. The highest BCUT2D eigenvalue weighted by molar-refractivity contribution is 6.32. The van der Waals surface area contributed by atoms with Gasteiger partial charge < -0.3 is 20.1 Å². The number of imidazole rings is 1. The minimum absolute atomic E-state index is 0.00656. The van der Waals surface area contributed by atoms with Crippen LogP contribution in [0.4, 0.5) is 10.2 Å². The molecule has 1 aromatic carbocycles. The summed E-state index contributed by atoms with van der Waals surface area (Å²) in [5, 5.41) is 14.7. The molecule has 36 heavy (non-hydrogen) atoms. The normalized spacial score (nSPS) is 18.0. The number of carbonyl (C=O) groups excluding carboxylic acids is 2. The van der Waals surface area contributed by atoms with Gasteiger partial charge in [-0.2, -0.15) is 5.10 Å². The number of likely N-dealkylation sites (tertiary alicyclic amines) is 1. The molecule has 0 saturated carbocycles. The largest absolute Gasteiger partial charge is 0.361 e. The Morgan fingerprint density at radius 3 is 2.69 bits per heavy atom. The van der Waals surface area contributed by atoms with Crippen molar-refractivity contribution in [3.8, 4) is 0 Å². The third-order valence-corrected chi connectivity index (χ3v) is 6.86. The average molecular weight is 536 g/mol. The Morgan fingerprint density at radius 1 is 1.31 bits per heavy atom. The number of nitrogens with zero attached hydrogens (tertiary/aromatic N) is 4. The van der Waals surface area contributed by atoms with Gasteiger partial charge in [-0.15, -0.1) is 0 Å². The van der Waals surface area contributed by atoms with Crippen LogP contribution in [-0.4, -0.2) is 61.8 Å². The minimum Gasteiger partial charge on any atom is -0.361 e. The summed E-state index contributed by atoms with van der Waals surface area (Å²) < 4.78 is 16.0. The maximum Gasteiger partial charge on any atom is 0.271 e. The molecule has 0 spiro atoms. The van der Waals surface area contributed by atoms with E-state index in [9.17, 15) is 14.0 Å². The smallest absolute Gasteiger partial charge is 0.271 e. The second-order valence-electron chi connectivity index (χ2n) is 9.82. The Bertz CT molecular complexity index is 1340. The number of alkyl halides is 1. The number of nitrogens with one attached hydrogen (secondary N) is 3. The fraction of sp³-hybridized carbons (Fsp3) is 0.417. The Kier molecular flexibility index (Phi) is 7.03. The standard InChI is InChI=1S/C24H28Cl2FN7O2/c1-6-19(35)34-10-15(27)17(11-34)29-23(36)20-21(26)30-18(33(20)5)9-28-22-12-7-13(24(2,3)4)14(25)8-16(12)31-32-22/h6-8,15,17H,1,9-11H2,2-5H3,(H,29,36)(H2,28,31,32)/t15-,17-/m0/s1. The van der Waals surface area contributed by atoms with Gasteiger partial charge in [0, 0.05) is 24.0 Å². The van der Waals surface area contributed by atoms with E-state index in [2.05, 4.69) is 53.2 Å². The van der Waals surface area contributed by atoms with E-state index in [-0.39, 0.29) is 41.8 Å². The summed E-state index contributed by atoms with van der Waals surface area (Å²) >= 11 is 12.7. The van der Waals surface area contributed by atoms with Crippen LogP contribution in [0.5, 0.6) is 0 Å². The van der Waals surface area contributed by atoms with E-state index in [1.165, 1.54) is 4.90 Å². The van der Waals surface area contributed by atoms with Crippen LogP contribution in [0.25, 0.3) is 10.9 Å². The predicted molar refractivity (Wildman–Crippen MR) is 138 cm³/mol. The Morgan fingerprint density at radius 2 is 2.03 bits per heavy atom. The number of hydrogen-bond acceptors (Lipinski definition) is 5. The topological polar surface area (TPSA) is 108 Å². The zero-order chi connectivity index (χ0) is 26.4. The van der Waals surface area contributed by atoms with Crippen LogP contribution in [0.15, 0.2) is 24.8 Å². The Hall–Kier alpha value is -3.11. The first-order valence-electron chi connectivity index (χ1n) is 11.4. The van der Waals surface area contributed by atoms with E-state index in [0.717, 1.165) is 22.5 Å². The molecular formula is C24H28Cl2FN7O2. The Balaban J connectivity index is 1.50. The third kappa shape index (κ3) is 4.92. The van der Waals surface area contributed by atoms with Crippen molar-refractivity contribution in [1.29, 1.82) is 0 Å². The van der Waals surface area contributed by atoms with Crippen LogP contribution in [0, 0.1) is 0 Å². The van der Waals surface area contributed by atoms with Gasteiger partial charge in [-0.25, -0.2) is 9.37 Å². The molecule has 3 aromatic rings. The van der Waals surface area contributed by atoms with Gasteiger partial charge in [-0.05, 0) is 29.2 Å². The minimum atomic E-state index is -1.40. The van der Waals surface area contributed by atoms with E-state index in [1.54, 1.807) is 11.6 Å². The number of amides is 2. The van der Waals surface area contributed by atoms with Crippen LogP contribution in [-0.2, 0) is 23.8 Å². The van der Waals surface area contributed by atoms with Crippen molar-refractivity contribution in [3.05, 3.63) is 52.0 Å². The molecule has 2 amide bonds. The fourth-order valence-corrected chi connectivity index (χ4v) is 5.03. The summed E-state index contributed by atoms with van der Waals surface area (Å²) in [7, 11) is 1.65. The monoisotopic (exact) mass is 535 g/mol. The SMILES string of the molecule is C=CC(=O)N1C[C@H](NC(=O)c2c(Cl)nc(CNc3n[nH]c4cc(Cl)c(C(C)(C)C)cc34)n2C)[C@@H](F)C1. The van der Waals surface area contributed by atoms with Gasteiger partial charge in [0.15, 0.2) is 11.0 Å². The van der Waals surface area contributed by atoms with Crippen molar-refractivity contribution < 1.29 is 14.0 Å². The molecule has 9 nitrogen and oxygen atoms in total. The van der Waals surface area contributed by atoms with Gasteiger partial charge in [0.25, 0.3) is 5.91 Å². The summed E-state index contributed by atoms with van der Waals surface area (Å²) in [6.45, 7) is 9.84. The summed E-state index contributed by atoms with van der Waals surface area (Å²) in [5.74, 6) is 0.133. The number of benzene rings is 1. The van der Waals surface area contributed by atoms with Crippen LogP contribution >= 0.6 is 23.2 Å². The fourth-order valence-electron chi connectivity index (χ4n) is 4.27. The van der Waals surface area contributed by atoms with Crippen molar-refractivity contribution in [2.24, 2.45) is 7.05 Å². The maximum absolute atomic E-state index is 14.4. The summed E-state index contributed by atoms with van der Waals surface area (Å²) in [6, 6.07) is 3.00. The van der Waals surface area contributed by atoms with Gasteiger partial charge in [-0.1, -0.05) is 50.6 Å². The van der Waals surface area contributed by atoms with E-state index in [1.807, 2.05) is 12.1 Å². The number of aromatic amines is 1. The zero-order valence-corrected chi connectivity index (χ0v) is 22.0. The number of aromatic nitrogens is 4. The number of carbonyl (C=O) groups is 2. The third-order valence-electron chi connectivity index (χ3n) is 6.28. The lowest BCUT2D eigenvalue weighted by atomic mass is 9.86. The maximum atomic E-state index is 14.4. The molecule has 2 aromatic heterocycles. The van der Waals surface area contributed by atoms with Crippen LogP contribution < -0.4 is 10.6 Å². The van der Waals surface area contributed by atoms with Crippen LogP contribution in [0.3, 0.4) is 0 Å². The van der Waals surface area contributed by atoms with Gasteiger partial charge in [0.05, 0.1) is 24.6 Å². The first kappa shape index (κ1) is 26.0. The van der Waals surface area contributed by atoms with E-state index in [4.69, 9.17) is 23.2 Å². The van der Waals surface area contributed by atoms with Gasteiger partial charge >= 0.3 is 0 Å². The van der Waals surface area contributed by atoms with Gasteiger partial charge in [0.2, 0.25) is 5.91 Å². The lowest BCUT2D eigenvalue weighted by molar-refractivity contribution is -0.125. The quantitative estimate of drug-likeness (QED) is 0.414. The molecule has 0 aliphatic carbocycles. The van der Waals surface area contributed by atoms with Gasteiger partial charge in [-0.3, -0.25) is 14.7 Å². The molecule has 0 radical (unpaired) electrons. The summed E-state index contributed by atoms with van der Waals surface area (Å²) in [5.41, 5.74) is 1.73. The molecule has 1 aliphatic heterocycles. The highest BCUT2D eigenvalue weighted by Gasteiger charge is 2.36. The molecular weight excluding hydrogens is 508 g/mol. The lowest BCUT2D eigenvalue weighted by Crippen LogP contribution is -2.42. The van der Waals surface area contributed by atoms with Crippen molar-refractivity contribution in [2.45, 2.75) is 44.9 Å². The van der Waals surface area contributed by atoms with Crippen molar-refractivity contribution in [1.82, 2.24) is 30.0 Å². The highest BCUT2D eigenvalue weighted by atomic mass is 35.5. The number of H-pyrrole nitrogens is 1. The molecule has 0 unspecified atom stereocenters. The number of fused-ring (bicyclic) bond motifs is 1. The van der Waals surface area contributed by atoms with Crippen LogP contribution in [0.2, 0.25) is 10.2 Å². The second kappa shape index (κ2) is 9.74. The molecule has 192 valence electrons. The van der Waals surface area contributed by atoms with Crippen molar-refractivity contribution in [2.75, 3.05) is 18.4 Å². The summed E-state index contributed by atoms with van der Waals surface area (Å²) in [6.07, 6.45) is -0.277. The zero-order valence-electron chi connectivity index (χ0n) is 20.5. The van der Waals surface area contributed by atoms with E-state index in [0.29, 0.717) is 16.7 Å². The first-order chi connectivity index (χ1) is 16.9. The molecule has 2 atom stereocenters. The predicted octanol–water partition coefficient (Wildman–Crippen LogP) is 3.98. The Labute approximate surface area is 218 Å². The molecule has 0 bridgehead atoms. The van der Waals surface area contributed by atoms with Crippen LogP contribution in [0.1, 0.15) is 42.6 Å². The molecule has 3 heterocycles. The number of hydrogen-bond donors (Lipinski definition) is 3. The molecule has 1 fully saturated rings. The number of anilines is 1. The van der Waals surface area contributed by atoms with Crippen molar-refractivity contribution in [3.63, 3.8) is 0 Å². The number of rotatable bonds is 6. The lowest BCUT2D eigenvalue weighted by Gasteiger charge is -2.20.